The smallest absolute Gasteiger partial charge is 0.255 e. The number of amides is 1. The second kappa shape index (κ2) is 8.13. The quantitative estimate of drug-likeness (QED) is 0.719. The summed E-state index contributed by atoms with van der Waals surface area (Å²) >= 11 is 0. The number of pyridine rings is 1. The number of hydrogen-bond donors (Lipinski definition) is 1. The van der Waals surface area contributed by atoms with E-state index in [1.165, 1.54) is 5.56 Å². The number of hydrogen-bond acceptors (Lipinski definition) is 6. The molecule has 7 nitrogen and oxygen atoms in total. The molecular weight excluding hydrogens is 366 g/mol. The van der Waals surface area contributed by atoms with Crippen molar-refractivity contribution in [1.82, 2.24) is 20.3 Å². The molecule has 1 aromatic carbocycles. The molecule has 0 bridgehead atoms. The van der Waals surface area contributed by atoms with Gasteiger partial charge in [-0.15, -0.1) is 0 Å². The molecule has 0 saturated carbocycles. The zero-order chi connectivity index (χ0) is 20.4. The zero-order valence-electron chi connectivity index (χ0n) is 16.9. The highest BCUT2D eigenvalue weighted by Gasteiger charge is 2.31. The Hall–Kier alpha value is -3.06. The van der Waals surface area contributed by atoms with E-state index in [1.807, 2.05) is 50.3 Å². The van der Waals surface area contributed by atoms with Gasteiger partial charge < -0.3 is 15.0 Å². The minimum atomic E-state index is -0.159. The summed E-state index contributed by atoms with van der Waals surface area (Å²) in [6.45, 7) is 2.96. The average Bonchev–Trinajstić information content (AvgIpc) is 3.14. The van der Waals surface area contributed by atoms with Crippen molar-refractivity contribution in [3.63, 3.8) is 0 Å². The van der Waals surface area contributed by atoms with Gasteiger partial charge in [-0.3, -0.25) is 9.78 Å². The first-order chi connectivity index (χ1) is 14.0. The van der Waals surface area contributed by atoms with E-state index in [0.717, 1.165) is 17.3 Å². The molecular formula is C22H25N5O2. The summed E-state index contributed by atoms with van der Waals surface area (Å²) in [6.07, 6.45) is 4.26. The molecule has 150 valence electrons. The number of carbonyl (C=O) groups is 1. The van der Waals surface area contributed by atoms with Crippen molar-refractivity contribution in [2.24, 2.45) is 5.92 Å². The lowest BCUT2D eigenvalue weighted by molar-refractivity contribution is 0.0923. The van der Waals surface area contributed by atoms with Crippen molar-refractivity contribution < 1.29 is 9.53 Å². The number of anilines is 1. The number of para-hydroxylation sites is 1. The number of fused-ring (bicyclic) bond motifs is 1. The van der Waals surface area contributed by atoms with Crippen LogP contribution in [-0.2, 0) is 11.2 Å². The third-order valence-electron chi connectivity index (χ3n) is 5.35. The second-order valence-electron chi connectivity index (χ2n) is 7.63. The maximum absolute atomic E-state index is 12.8. The molecule has 0 spiro atoms. The molecule has 0 radical (unpaired) electrons. The average molecular weight is 391 g/mol. The van der Waals surface area contributed by atoms with Gasteiger partial charge in [0.1, 0.15) is 0 Å². The number of benzene rings is 1. The van der Waals surface area contributed by atoms with Gasteiger partial charge in [0.15, 0.2) is 0 Å². The van der Waals surface area contributed by atoms with E-state index >= 15 is 0 Å². The van der Waals surface area contributed by atoms with E-state index in [0.29, 0.717) is 30.4 Å². The zero-order valence-corrected chi connectivity index (χ0v) is 16.9. The van der Waals surface area contributed by atoms with Crippen molar-refractivity contribution in [2.45, 2.75) is 19.4 Å². The number of nitrogens with one attached hydrogen (secondary N) is 1. The Bertz CT molecular complexity index is 1030. The van der Waals surface area contributed by atoms with Crippen molar-refractivity contribution in [2.75, 3.05) is 32.2 Å². The predicted molar refractivity (Wildman–Crippen MR) is 112 cm³/mol. The highest BCUT2D eigenvalue weighted by molar-refractivity contribution is 5.95. The van der Waals surface area contributed by atoms with Crippen LogP contribution in [0.5, 0.6) is 0 Å². The predicted octanol–water partition coefficient (Wildman–Crippen LogP) is 2.39. The third-order valence-corrected chi connectivity index (χ3v) is 5.35. The molecule has 1 aliphatic heterocycles. The van der Waals surface area contributed by atoms with Crippen molar-refractivity contribution in [3.8, 4) is 0 Å². The summed E-state index contributed by atoms with van der Waals surface area (Å²) in [6, 6.07) is 10.1. The largest absolute Gasteiger partial charge is 0.379 e. The molecule has 4 rings (SSSR count). The first-order valence-electron chi connectivity index (χ1n) is 9.75. The van der Waals surface area contributed by atoms with Crippen molar-refractivity contribution in [1.29, 1.82) is 0 Å². The van der Waals surface area contributed by atoms with Gasteiger partial charge in [-0.05, 0) is 31.0 Å². The van der Waals surface area contributed by atoms with Gasteiger partial charge in [-0.25, -0.2) is 9.97 Å². The highest BCUT2D eigenvalue weighted by atomic mass is 16.5. The minimum absolute atomic E-state index is 0.0534. The molecule has 29 heavy (non-hydrogen) atoms. The molecule has 3 heterocycles. The first-order valence-corrected chi connectivity index (χ1v) is 9.75. The number of nitrogens with zero attached hydrogens (tertiary/aromatic N) is 4. The van der Waals surface area contributed by atoms with Crippen LogP contribution in [0.25, 0.3) is 10.9 Å². The molecule has 2 atom stereocenters. The Morgan fingerprint density at radius 2 is 2.03 bits per heavy atom. The third kappa shape index (κ3) is 4.05. The number of aryl methyl sites for hydroxylation is 1. The molecule has 1 saturated heterocycles. The van der Waals surface area contributed by atoms with Crippen molar-refractivity contribution in [3.05, 3.63) is 59.5 Å². The van der Waals surface area contributed by atoms with Crippen LogP contribution in [-0.4, -0.2) is 54.2 Å². The lowest BCUT2D eigenvalue weighted by Crippen LogP contribution is -2.41. The molecule has 3 aromatic rings. The summed E-state index contributed by atoms with van der Waals surface area (Å²) in [5.74, 6) is 0.630. The van der Waals surface area contributed by atoms with Gasteiger partial charge in [0.05, 0.1) is 36.0 Å². The molecule has 1 N–H and O–H groups in total. The van der Waals surface area contributed by atoms with E-state index in [2.05, 4.69) is 32.4 Å². The van der Waals surface area contributed by atoms with Crippen LogP contribution in [0.3, 0.4) is 0 Å². The van der Waals surface area contributed by atoms with E-state index in [4.69, 9.17) is 4.74 Å². The van der Waals surface area contributed by atoms with Crippen LogP contribution in [0.4, 0.5) is 5.95 Å². The van der Waals surface area contributed by atoms with E-state index in [1.54, 1.807) is 6.20 Å². The van der Waals surface area contributed by atoms with Crippen LogP contribution >= 0.6 is 0 Å². The van der Waals surface area contributed by atoms with E-state index in [-0.39, 0.29) is 17.9 Å². The summed E-state index contributed by atoms with van der Waals surface area (Å²) < 4.78 is 5.70. The number of aromatic nitrogens is 3. The Labute approximate surface area is 170 Å². The molecule has 1 fully saturated rings. The molecule has 1 amide bonds. The fourth-order valence-electron chi connectivity index (χ4n) is 3.71. The number of carbonyl (C=O) groups excluding carboxylic acids is 1. The van der Waals surface area contributed by atoms with Crippen LogP contribution in [0.15, 0.2) is 42.7 Å². The standard InChI is InChI=1S/C22H25N5O2/c1-14-18(11-24-22(25-14)27(2)3)21(28)26-20-13-29-12-16(20)10-15-8-9-23-19-7-5-4-6-17(15)19/h4-9,11,16,20H,10,12-13H2,1-3H3,(H,26,28)/t16-,20-/m1/s1. The maximum atomic E-state index is 12.8. The van der Waals surface area contributed by atoms with Crippen LogP contribution in [0, 0.1) is 12.8 Å². The Kier molecular flexibility index (Phi) is 5.40. The number of ether oxygens (including phenoxy) is 1. The normalized spacial score (nSPS) is 18.7. The summed E-state index contributed by atoms with van der Waals surface area (Å²) in [4.78, 5) is 27.8. The second-order valence-corrected chi connectivity index (χ2v) is 7.63. The fourth-order valence-corrected chi connectivity index (χ4v) is 3.71. The molecule has 0 aliphatic carbocycles. The fraction of sp³-hybridized carbons (Fsp3) is 0.364. The molecule has 7 heteroatoms. The van der Waals surface area contributed by atoms with Crippen molar-refractivity contribution >= 4 is 22.8 Å². The van der Waals surface area contributed by atoms with E-state index < -0.39 is 0 Å². The van der Waals surface area contributed by atoms with Gasteiger partial charge in [-0.1, -0.05) is 18.2 Å². The van der Waals surface area contributed by atoms with E-state index in [9.17, 15) is 4.79 Å². The van der Waals surface area contributed by atoms with Gasteiger partial charge >= 0.3 is 0 Å². The van der Waals surface area contributed by atoms with Gasteiger partial charge in [0, 0.05) is 37.8 Å². The summed E-state index contributed by atoms with van der Waals surface area (Å²) in [5, 5.41) is 4.28. The summed E-state index contributed by atoms with van der Waals surface area (Å²) in [5.41, 5.74) is 3.37. The first kappa shape index (κ1) is 19.3. The molecule has 2 aromatic heterocycles. The SMILES string of the molecule is Cc1nc(N(C)C)ncc1C(=O)N[C@@H]1COC[C@H]1Cc1ccnc2ccccc12. The highest BCUT2D eigenvalue weighted by Crippen LogP contribution is 2.24. The number of rotatable bonds is 5. The maximum Gasteiger partial charge on any atom is 0.255 e. The Morgan fingerprint density at radius 1 is 1.21 bits per heavy atom. The van der Waals surface area contributed by atoms with Gasteiger partial charge in [0.2, 0.25) is 5.95 Å². The molecule has 1 aliphatic rings. The lowest BCUT2D eigenvalue weighted by atomic mass is 9.93. The van der Waals surface area contributed by atoms with Crippen LogP contribution in [0.1, 0.15) is 21.6 Å². The molecule has 0 unspecified atom stereocenters. The Balaban J connectivity index is 1.49. The van der Waals surface area contributed by atoms with Gasteiger partial charge in [0.25, 0.3) is 5.91 Å². The topological polar surface area (TPSA) is 80.2 Å². The summed E-state index contributed by atoms with van der Waals surface area (Å²) in [7, 11) is 3.75. The van der Waals surface area contributed by atoms with Crippen LogP contribution < -0.4 is 10.2 Å². The van der Waals surface area contributed by atoms with Crippen LogP contribution in [0.2, 0.25) is 0 Å². The Morgan fingerprint density at radius 3 is 2.83 bits per heavy atom. The lowest BCUT2D eigenvalue weighted by Gasteiger charge is -2.20. The minimum Gasteiger partial charge on any atom is -0.379 e. The monoisotopic (exact) mass is 391 g/mol. The van der Waals surface area contributed by atoms with Gasteiger partial charge in [-0.2, -0.15) is 0 Å².